The van der Waals surface area contributed by atoms with Crippen LogP contribution < -0.4 is 0 Å². The molecule has 0 N–H and O–H groups in total. The fourth-order valence-electron chi connectivity index (χ4n) is 4.62. The summed E-state index contributed by atoms with van der Waals surface area (Å²) < 4.78 is 56.8. The molecule has 0 aromatic rings. The van der Waals surface area contributed by atoms with Crippen LogP contribution in [0.15, 0.2) is 0 Å². The summed E-state index contributed by atoms with van der Waals surface area (Å²) in [6.45, 7) is 0. The fourth-order valence-corrected chi connectivity index (χ4v) is 6.28. The molecule has 0 spiro atoms. The van der Waals surface area contributed by atoms with Gasteiger partial charge < -0.3 is 0 Å². The monoisotopic (exact) mass is 323 g/mol. The van der Waals surface area contributed by atoms with E-state index in [1.54, 1.807) is 0 Å². The molecule has 0 aromatic carbocycles. The molecule has 4 saturated carbocycles. The zero-order valence-electron chi connectivity index (χ0n) is 11.6. The summed E-state index contributed by atoms with van der Waals surface area (Å²) in [5.41, 5.74) is -1.60. The van der Waals surface area contributed by atoms with Crippen LogP contribution in [0.5, 0.6) is 0 Å². The highest BCUT2D eigenvalue weighted by molar-refractivity contribution is 7.86. The van der Waals surface area contributed by atoms with Gasteiger partial charge in [0.1, 0.15) is 0 Å². The number of hydrogen-bond donors (Lipinski definition) is 0. The highest BCUT2D eigenvalue weighted by Gasteiger charge is 2.61. The van der Waals surface area contributed by atoms with Crippen molar-refractivity contribution in [3.05, 3.63) is 5.92 Å². The van der Waals surface area contributed by atoms with Crippen LogP contribution >= 0.6 is 0 Å². The van der Waals surface area contributed by atoms with Crippen molar-refractivity contribution in [1.29, 1.82) is 0 Å². The van der Waals surface area contributed by atoms with Crippen LogP contribution in [-0.2, 0) is 28.6 Å². The second-order valence-corrected chi connectivity index (χ2v) is 9.85. The molecular formula is C12H19O6S2. The molecule has 115 valence electrons. The van der Waals surface area contributed by atoms with Gasteiger partial charge in [-0.3, -0.25) is 8.37 Å². The van der Waals surface area contributed by atoms with Crippen LogP contribution in [0.1, 0.15) is 38.5 Å². The predicted octanol–water partition coefficient (Wildman–Crippen LogP) is 0.988. The molecule has 0 aromatic heterocycles. The third-order valence-corrected chi connectivity index (χ3v) is 5.66. The lowest BCUT2D eigenvalue weighted by Gasteiger charge is -2.59. The van der Waals surface area contributed by atoms with E-state index in [1.807, 2.05) is 0 Å². The van der Waals surface area contributed by atoms with Gasteiger partial charge in [-0.05, 0) is 43.9 Å². The summed E-state index contributed by atoms with van der Waals surface area (Å²) in [6.07, 6.45) is 5.89. The zero-order chi connectivity index (χ0) is 14.8. The summed E-state index contributed by atoms with van der Waals surface area (Å²) in [5, 5.41) is 0. The van der Waals surface area contributed by atoms with Crippen LogP contribution in [0, 0.1) is 11.8 Å². The Morgan fingerprint density at radius 1 is 0.950 bits per heavy atom. The standard InChI is InChI=1S/C12H19O6S2/c1-19(13,14)17-11-4-9-3-10(5-11)7-12(6-9,8-11)18-20(2,15)16/h9H,3-8H2,1-2H3. The molecule has 4 bridgehead atoms. The van der Waals surface area contributed by atoms with Gasteiger partial charge in [0.05, 0.1) is 23.7 Å². The largest absolute Gasteiger partial charge is 0.264 e. The van der Waals surface area contributed by atoms with E-state index in [0.29, 0.717) is 32.1 Å². The molecule has 0 aliphatic heterocycles. The maximum atomic E-state index is 11.5. The van der Waals surface area contributed by atoms with Gasteiger partial charge in [-0.25, -0.2) is 0 Å². The summed E-state index contributed by atoms with van der Waals surface area (Å²) in [5.74, 6) is 1.43. The van der Waals surface area contributed by atoms with Crippen molar-refractivity contribution in [1.82, 2.24) is 0 Å². The molecule has 2 unspecified atom stereocenters. The van der Waals surface area contributed by atoms with Gasteiger partial charge in [0.15, 0.2) is 0 Å². The van der Waals surface area contributed by atoms with Crippen LogP contribution in [0.25, 0.3) is 0 Å². The molecular weight excluding hydrogens is 304 g/mol. The fraction of sp³-hybridized carbons (Fsp3) is 0.917. The van der Waals surface area contributed by atoms with Gasteiger partial charge in [-0.1, -0.05) is 0 Å². The Morgan fingerprint density at radius 3 is 1.75 bits per heavy atom. The van der Waals surface area contributed by atoms with Crippen LogP contribution in [0.4, 0.5) is 0 Å². The topological polar surface area (TPSA) is 86.7 Å². The first-order valence-electron chi connectivity index (χ1n) is 6.63. The van der Waals surface area contributed by atoms with Crippen molar-refractivity contribution in [3.8, 4) is 0 Å². The molecule has 0 saturated heterocycles. The lowest BCUT2D eigenvalue weighted by Crippen LogP contribution is -2.61. The molecule has 4 aliphatic rings. The van der Waals surface area contributed by atoms with Crippen molar-refractivity contribution >= 4 is 20.2 Å². The minimum Gasteiger partial charge on any atom is -0.263 e. The summed E-state index contributed by atoms with van der Waals surface area (Å²) in [6, 6.07) is 0. The van der Waals surface area contributed by atoms with Gasteiger partial charge >= 0.3 is 0 Å². The quantitative estimate of drug-likeness (QED) is 0.717. The normalized spacial score (nSPS) is 41.2. The first-order chi connectivity index (χ1) is 8.99. The van der Waals surface area contributed by atoms with E-state index in [1.165, 1.54) is 5.92 Å². The second-order valence-electron chi connectivity index (χ2n) is 6.70. The van der Waals surface area contributed by atoms with Crippen molar-refractivity contribution in [2.24, 2.45) is 5.92 Å². The second kappa shape index (κ2) is 4.18. The minimum absolute atomic E-state index is 0.254. The van der Waals surface area contributed by atoms with Crippen molar-refractivity contribution < 1.29 is 25.2 Å². The Kier molecular flexibility index (Phi) is 3.08. The molecule has 8 heteroatoms. The van der Waals surface area contributed by atoms with Gasteiger partial charge in [-0.2, -0.15) is 16.8 Å². The summed E-state index contributed by atoms with van der Waals surface area (Å²) in [4.78, 5) is 0. The number of rotatable bonds is 4. The smallest absolute Gasteiger partial charge is 0.263 e. The van der Waals surface area contributed by atoms with Crippen LogP contribution in [0.3, 0.4) is 0 Å². The lowest BCUT2D eigenvalue weighted by molar-refractivity contribution is -0.137. The molecule has 4 fully saturated rings. The van der Waals surface area contributed by atoms with Crippen molar-refractivity contribution in [2.45, 2.75) is 49.7 Å². The molecule has 6 nitrogen and oxygen atoms in total. The van der Waals surface area contributed by atoms with E-state index in [9.17, 15) is 16.8 Å². The van der Waals surface area contributed by atoms with Gasteiger partial charge in [-0.15, -0.1) is 0 Å². The first-order valence-corrected chi connectivity index (χ1v) is 10.3. The third kappa shape index (κ3) is 2.88. The minimum atomic E-state index is -3.58. The average molecular weight is 323 g/mol. The highest BCUT2D eigenvalue weighted by Crippen LogP contribution is 2.61. The SMILES string of the molecule is CS(=O)(=O)OC12C[C]3CC(C1)CC(OS(C)(=O)=O)(C3)C2. The summed E-state index contributed by atoms with van der Waals surface area (Å²) in [7, 11) is -7.15. The molecule has 4 rings (SSSR count). The van der Waals surface area contributed by atoms with Crippen LogP contribution in [-0.4, -0.2) is 40.5 Å². The average Bonchev–Trinajstić information content (AvgIpc) is 2.04. The lowest BCUT2D eigenvalue weighted by atomic mass is 9.52. The predicted molar refractivity (Wildman–Crippen MR) is 71.8 cm³/mol. The maximum absolute atomic E-state index is 11.5. The Bertz CT molecular complexity index is 554. The summed E-state index contributed by atoms with van der Waals surface area (Å²) >= 11 is 0. The van der Waals surface area contributed by atoms with Crippen molar-refractivity contribution in [3.63, 3.8) is 0 Å². The molecule has 20 heavy (non-hydrogen) atoms. The Morgan fingerprint density at radius 2 is 1.40 bits per heavy atom. The van der Waals surface area contributed by atoms with E-state index in [4.69, 9.17) is 8.37 Å². The third-order valence-electron chi connectivity index (χ3n) is 4.34. The molecule has 4 aliphatic carbocycles. The van der Waals surface area contributed by atoms with E-state index in [2.05, 4.69) is 0 Å². The zero-order valence-corrected chi connectivity index (χ0v) is 13.2. The molecule has 2 atom stereocenters. The highest BCUT2D eigenvalue weighted by atomic mass is 32.2. The molecule has 1 radical (unpaired) electrons. The van der Waals surface area contributed by atoms with Crippen LogP contribution in [0.2, 0.25) is 0 Å². The van der Waals surface area contributed by atoms with E-state index in [0.717, 1.165) is 18.9 Å². The Balaban J connectivity index is 1.93. The molecule has 0 heterocycles. The maximum Gasteiger partial charge on any atom is 0.264 e. The number of hydrogen-bond acceptors (Lipinski definition) is 6. The molecule has 0 amide bonds. The van der Waals surface area contributed by atoms with Gasteiger partial charge in [0, 0.05) is 6.42 Å². The van der Waals surface area contributed by atoms with E-state index < -0.39 is 31.4 Å². The Hall–Kier alpha value is -0.180. The van der Waals surface area contributed by atoms with Gasteiger partial charge in [0.25, 0.3) is 20.2 Å². The van der Waals surface area contributed by atoms with Crippen molar-refractivity contribution in [2.75, 3.05) is 12.5 Å². The van der Waals surface area contributed by atoms with Gasteiger partial charge in [0.2, 0.25) is 0 Å². The Labute approximate surface area is 120 Å². The first kappa shape index (κ1) is 14.7. The van der Waals surface area contributed by atoms with E-state index in [-0.39, 0.29) is 5.92 Å². The van der Waals surface area contributed by atoms with E-state index >= 15 is 0 Å².